The fraction of sp³-hybridized carbons (Fsp3) is 0.600. The number of anilines is 1. The Bertz CT molecular complexity index is 565. The highest BCUT2D eigenvalue weighted by molar-refractivity contribution is 7.89. The van der Waals surface area contributed by atoms with Crippen LogP contribution in [-0.2, 0) is 16.4 Å². The number of sulfonamides is 1. The largest absolute Gasteiger partial charge is 0.385 e. The quantitative estimate of drug-likeness (QED) is 0.909. The van der Waals surface area contributed by atoms with Gasteiger partial charge in [-0.15, -0.1) is 0 Å². The molecule has 0 atom stereocenters. The fourth-order valence-electron chi connectivity index (χ4n) is 2.78. The van der Waals surface area contributed by atoms with E-state index in [9.17, 15) is 8.42 Å². The zero-order chi connectivity index (χ0) is 14.8. The first kappa shape index (κ1) is 15.3. The molecule has 0 radical (unpaired) electrons. The molecule has 1 aliphatic heterocycles. The second-order valence-electron chi connectivity index (χ2n) is 5.34. The summed E-state index contributed by atoms with van der Waals surface area (Å²) in [6, 6.07) is 5.50. The summed E-state index contributed by atoms with van der Waals surface area (Å²) in [5, 5.41) is 3.31. The van der Waals surface area contributed by atoms with Crippen molar-refractivity contribution in [3.8, 4) is 0 Å². The molecule has 0 saturated carbocycles. The van der Waals surface area contributed by atoms with E-state index in [4.69, 9.17) is 0 Å². The predicted octanol–water partition coefficient (Wildman–Crippen LogP) is 2.85. The van der Waals surface area contributed by atoms with Crippen molar-refractivity contribution in [1.82, 2.24) is 4.31 Å². The molecule has 2 rings (SSSR count). The van der Waals surface area contributed by atoms with Crippen LogP contribution in [0.2, 0.25) is 0 Å². The number of hydrogen-bond acceptors (Lipinski definition) is 3. The first-order chi connectivity index (χ1) is 9.50. The Morgan fingerprint density at radius 3 is 2.65 bits per heavy atom. The van der Waals surface area contributed by atoms with Crippen molar-refractivity contribution in [3.63, 3.8) is 0 Å². The molecule has 0 bridgehead atoms. The average Bonchev–Trinajstić information content (AvgIpc) is 2.47. The average molecular weight is 296 g/mol. The van der Waals surface area contributed by atoms with Crippen molar-refractivity contribution in [1.29, 1.82) is 0 Å². The summed E-state index contributed by atoms with van der Waals surface area (Å²) in [5.74, 6) is 0. The summed E-state index contributed by atoms with van der Waals surface area (Å²) in [6.45, 7) is 5.01. The molecule has 5 heteroatoms. The summed E-state index contributed by atoms with van der Waals surface area (Å²) in [5.41, 5.74) is 2.18. The van der Waals surface area contributed by atoms with E-state index >= 15 is 0 Å². The van der Waals surface area contributed by atoms with Gasteiger partial charge in [-0.1, -0.05) is 13.8 Å². The number of nitrogens with zero attached hydrogens (tertiary/aromatic N) is 1. The third kappa shape index (κ3) is 2.83. The van der Waals surface area contributed by atoms with Crippen molar-refractivity contribution < 1.29 is 8.42 Å². The normalized spacial score (nSPS) is 15.2. The smallest absolute Gasteiger partial charge is 0.243 e. The monoisotopic (exact) mass is 296 g/mol. The molecule has 1 N–H and O–H groups in total. The van der Waals surface area contributed by atoms with Crippen LogP contribution < -0.4 is 5.32 Å². The second kappa shape index (κ2) is 6.14. The Morgan fingerprint density at radius 1 is 1.30 bits per heavy atom. The van der Waals surface area contributed by atoms with Gasteiger partial charge in [-0.3, -0.25) is 0 Å². The van der Waals surface area contributed by atoms with E-state index in [-0.39, 0.29) is 6.04 Å². The van der Waals surface area contributed by atoms with Gasteiger partial charge in [-0.05, 0) is 49.4 Å². The molecule has 4 nitrogen and oxygen atoms in total. The molecule has 0 unspecified atom stereocenters. The third-order valence-electron chi connectivity index (χ3n) is 4.15. The molecule has 1 aliphatic rings. The molecule has 112 valence electrons. The Morgan fingerprint density at radius 2 is 2.00 bits per heavy atom. The zero-order valence-electron chi connectivity index (χ0n) is 12.5. The van der Waals surface area contributed by atoms with E-state index in [0.717, 1.165) is 43.5 Å². The standard InChI is InChI=1S/C15H24N2O2S/c1-4-13(5-2)17(3)20(18,19)14-8-9-15-12(11-14)7-6-10-16-15/h8-9,11,13,16H,4-7,10H2,1-3H3. The lowest BCUT2D eigenvalue weighted by Gasteiger charge is -2.26. The van der Waals surface area contributed by atoms with E-state index in [2.05, 4.69) is 5.32 Å². The van der Waals surface area contributed by atoms with Crippen LogP contribution in [0.3, 0.4) is 0 Å². The highest BCUT2D eigenvalue weighted by Gasteiger charge is 2.26. The molecule has 0 fully saturated rings. The maximum absolute atomic E-state index is 12.7. The van der Waals surface area contributed by atoms with Gasteiger partial charge in [-0.25, -0.2) is 8.42 Å². The summed E-state index contributed by atoms with van der Waals surface area (Å²) in [6.07, 6.45) is 3.66. The summed E-state index contributed by atoms with van der Waals surface area (Å²) >= 11 is 0. The molecular formula is C15H24N2O2S. The van der Waals surface area contributed by atoms with Gasteiger partial charge in [0.1, 0.15) is 0 Å². The Labute approximate surface area is 122 Å². The molecule has 0 aliphatic carbocycles. The molecule has 1 aromatic rings. The van der Waals surface area contributed by atoms with Crippen LogP contribution in [0.4, 0.5) is 5.69 Å². The minimum Gasteiger partial charge on any atom is -0.385 e. The van der Waals surface area contributed by atoms with Crippen molar-refractivity contribution >= 4 is 15.7 Å². The van der Waals surface area contributed by atoms with Crippen LogP contribution in [0.15, 0.2) is 23.1 Å². The number of fused-ring (bicyclic) bond motifs is 1. The van der Waals surface area contributed by atoms with Gasteiger partial charge in [0.25, 0.3) is 0 Å². The highest BCUT2D eigenvalue weighted by atomic mass is 32.2. The van der Waals surface area contributed by atoms with Gasteiger partial charge in [0, 0.05) is 25.3 Å². The molecule has 0 amide bonds. The minimum atomic E-state index is -3.39. The van der Waals surface area contributed by atoms with E-state index in [0.29, 0.717) is 4.90 Å². The summed E-state index contributed by atoms with van der Waals surface area (Å²) in [7, 11) is -1.71. The van der Waals surface area contributed by atoms with Crippen LogP contribution in [0.1, 0.15) is 38.7 Å². The topological polar surface area (TPSA) is 49.4 Å². The number of rotatable bonds is 5. The number of hydrogen-bond donors (Lipinski definition) is 1. The number of benzene rings is 1. The fourth-order valence-corrected chi connectivity index (χ4v) is 4.33. The Balaban J connectivity index is 2.34. The molecule has 0 aromatic heterocycles. The predicted molar refractivity (Wildman–Crippen MR) is 82.6 cm³/mol. The van der Waals surface area contributed by atoms with E-state index in [1.807, 2.05) is 26.0 Å². The number of nitrogens with one attached hydrogen (secondary N) is 1. The molecule has 20 heavy (non-hydrogen) atoms. The molecule has 0 saturated heterocycles. The van der Waals surface area contributed by atoms with Crippen LogP contribution in [-0.4, -0.2) is 32.4 Å². The molecule has 0 spiro atoms. The Hall–Kier alpha value is -1.07. The van der Waals surface area contributed by atoms with Gasteiger partial charge < -0.3 is 5.32 Å². The first-order valence-electron chi connectivity index (χ1n) is 7.35. The Kier molecular flexibility index (Phi) is 4.70. The molecule has 1 heterocycles. The van der Waals surface area contributed by atoms with E-state index in [1.54, 1.807) is 13.1 Å². The zero-order valence-corrected chi connectivity index (χ0v) is 13.3. The number of aryl methyl sites for hydroxylation is 1. The lowest BCUT2D eigenvalue weighted by atomic mass is 10.0. The minimum absolute atomic E-state index is 0.0640. The van der Waals surface area contributed by atoms with E-state index in [1.165, 1.54) is 4.31 Å². The summed E-state index contributed by atoms with van der Waals surface area (Å²) in [4.78, 5) is 0.411. The lowest BCUT2D eigenvalue weighted by molar-refractivity contribution is 0.349. The van der Waals surface area contributed by atoms with Crippen molar-refractivity contribution in [2.75, 3.05) is 18.9 Å². The SMILES string of the molecule is CCC(CC)N(C)S(=O)(=O)c1ccc2c(c1)CCCN2. The molecular weight excluding hydrogens is 272 g/mol. The summed E-state index contributed by atoms with van der Waals surface area (Å²) < 4.78 is 26.9. The molecule has 1 aromatic carbocycles. The van der Waals surface area contributed by atoms with Gasteiger partial charge in [0.2, 0.25) is 10.0 Å². The van der Waals surface area contributed by atoms with Crippen molar-refractivity contribution in [2.24, 2.45) is 0 Å². The van der Waals surface area contributed by atoms with Crippen LogP contribution in [0.25, 0.3) is 0 Å². The van der Waals surface area contributed by atoms with Crippen LogP contribution in [0.5, 0.6) is 0 Å². The lowest BCUT2D eigenvalue weighted by Crippen LogP contribution is -2.36. The van der Waals surface area contributed by atoms with Crippen molar-refractivity contribution in [2.45, 2.75) is 50.5 Å². The van der Waals surface area contributed by atoms with Gasteiger partial charge in [0.15, 0.2) is 0 Å². The third-order valence-corrected chi connectivity index (χ3v) is 6.05. The van der Waals surface area contributed by atoms with Gasteiger partial charge in [-0.2, -0.15) is 4.31 Å². The van der Waals surface area contributed by atoms with Gasteiger partial charge in [0.05, 0.1) is 4.90 Å². The van der Waals surface area contributed by atoms with E-state index < -0.39 is 10.0 Å². The van der Waals surface area contributed by atoms with Gasteiger partial charge >= 0.3 is 0 Å². The van der Waals surface area contributed by atoms with Crippen molar-refractivity contribution in [3.05, 3.63) is 23.8 Å². The maximum Gasteiger partial charge on any atom is 0.243 e. The maximum atomic E-state index is 12.7. The second-order valence-corrected chi connectivity index (χ2v) is 7.34. The van der Waals surface area contributed by atoms with Crippen LogP contribution >= 0.6 is 0 Å². The highest BCUT2D eigenvalue weighted by Crippen LogP contribution is 2.27. The van der Waals surface area contributed by atoms with Crippen LogP contribution in [0, 0.1) is 0 Å². The first-order valence-corrected chi connectivity index (χ1v) is 8.79.